The molecule has 16 heavy (non-hydrogen) atoms. The molecule has 0 amide bonds. The van der Waals surface area contributed by atoms with Crippen LogP contribution < -0.4 is 5.32 Å². The third-order valence-electron chi connectivity index (χ3n) is 2.80. The number of carboxylic acid groups (broad SMARTS) is 1. The van der Waals surface area contributed by atoms with Crippen molar-refractivity contribution in [2.45, 2.75) is 25.4 Å². The summed E-state index contributed by atoms with van der Waals surface area (Å²) in [5, 5.41) is 12.8. The van der Waals surface area contributed by atoms with Crippen LogP contribution in [0.1, 0.15) is 18.4 Å². The zero-order chi connectivity index (χ0) is 11.5. The summed E-state index contributed by atoms with van der Waals surface area (Å²) in [5.74, 6) is -0.443. The van der Waals surface area contributed by atoms with E-state index in [0.29, 0.717) is 17.5 Å². The van der Waals surface area contributed by atoms with E-state index in [1.165, 1.54) is 0 Å². The monoisotopic (exact) mass is 239 g/mol. The molecule has 1 aromatic carbocycles. The minimum Gasteiger partial charge on any atom is -0.480 e. The second kappa shape index (κ2) is 4.85. The van der Waals surface area contributed by atoms with Crippen molar-refractivity contribution in [3.8, 4) is 0 Å². The highest BCUT2D eigenvalue weighted by atomic mass is 35.5. The maximum atomic E-state index is 11.0. The largest absolute Gasteiger partial charge is 0.480 e. The van der Waals surface area contributed by atoms with Gasteiger partial charge in [0, 0.05) is 11.6 Å². The molecule has 0 aliphatic heterocycles. The summed E-state index contributed by atoms with van der Waals surface area (Å²) < 4.78 is 0. The van der Waals surface area contributed by atoms with Gasteiger partial charge in [-0.3, -0.25) is 4.79 Å². The number of nitrogens with one attached hydrogen (secondary N) is 1. The summed E-state index contributed by atoms with van der Waals surface area (Å²) in [6.07, 6.45) is 2.04. The van der Waals surface area contributed by atoms with Gasteiger partial charge in [0.15, 0.2) is 0 Å². The third kappa shape index (κ3) is 2.97. The molecule has 1 saturated carbocycles. The molecule has 0 radical (unpaired) electrons. The molecule has 1 aliphatic carbocycles. The number of halogens is 1. The van der Waals surface area contributed by atoms with Crippen LogP contribution >= 0.6 is 11.6 Å². The average Bonchev–Trinajstić information content (AvgIpc) is 3.05. The zero-order valence-electron chi connectivity index (χ0n) is 8.82. The predicted molar refractivity (Wildman–Crippen MR) is 62.4 cm³/mol. The molecule has 1 aromatic rings. The molecule has 86 valence electrons. The van der Waals surface area contributed by atoms with Gasteiger partial charge in [-0.05, 0) is 36.5 Å². The fraction of sp³-hybridized carbons (Fsp3) is 0.417. The lowest BCUT2D eigenvalue weighted by atomic mass is 10.1. The number of benzene rings is 1. The summed E-state index contributed by atoms with van der Waals surface area (Å²) in [4.78, 5) is 11.0. The Morgan fingerprint density at radius 2 is 2.06 bits per heavy atom. The molecule has 1 atom stereocenters. The van der Waals surface area contributed by atoms with Crippen LogP contribution in [0.5, 0.6) is 0 Å². The van der Waals surface area contributed by atoms with Crippen molar-refractivity contribution in [3.05, 3.63) is 34.9 Å². The molecule has 0 saturated heterocycles. The second-order valence-electron chi connectivity index (χ2n) is 4.16. The van der Waals surface area contributed by atoms with Crippen LogP contribution in [0.4, 0.5) is 0 Å². The number of hydrogen-bond acceptors (Lipinski definition) is 2. The Balaban J connectivity index is 1.90. The summed E-state index contributed by atoms with van der Waals surface area (Å²) in [6.45, 7) is 0.574. The van der Waals surface area contributed by atoms with Crippen LogP contribution in [0.3, 0.4) is 0 Å². The molecule has 1 fully saturated rings. The Labute approximate surface area is 99.4 Å². The van der Waals surface area contributed by atoms with Crippen LogP contribution in [0.2, 0.25) is 5.02 Å². The van der Waals surface area contributed by atoms with Gasteiger partial charge >= 0.3 is 5.97 Å². The Morgan fingerprint density at radius 1 is 1.44 bits per heavy atom. The first-order chi connectivity index (χ1) is 7.66. The molecule has 4 heteroatoms. The number of carbonyl (C=O) groups is 1. The molecule has 1 aliphatic rings. The van der Waals surface area contributed by atoms with Gasteiger partial charge < -0.3 is 10.4 Å². The Bertz CT molecular complexity index is 373. The summed E-state index contributed by atoms with van der Waals surface area (Å²) in [5.41, 5.74) is 1.05. The van der Waals surface area contributed by atoms with Gasteiger partial charge in [0.1, 0.15) is 6.04 Å². The van der Waals surface area contributed by atoms with E-state index >= 15 is 0 Å². The number of rotatable bonds is 5. The normalized spacial score (nSPS) is 17.1. The van der Waals surface area contributed by atoms with E-state index in [0.717, 1.165) is 18.4 Å². The first-order valence-corrected chi connectivity index (χ1v) is 5.75. The Hall–Kier alpha value is -1.06. The topological polar surface area (TPSA) is 49.3 Å². The second-order valence-corrected chi connectivity index (χ2v) is 4.60. The van der Waals surface area contributed by atoms with Gasteiger partial charge in [0.05, 0.1) is 0 Å². The van der Waals surface area contributed by atoms with E-state index in [1.54, 1.807) is 0 Å². The SMILES string of the molecule is O=C(O)C(NCc1ccc(Cl)cc1)C1CC1. The van der Waals surface area contributed by atoms with Gasteiger partial charge in [-0.15, -0.1) is 0 Å². The zero-order valence-corrected chi connectivity index (χ0v) is 9.57. The number of carboxylic acids is 1. The highest BCUT2D eigenvalue weighted by Crippen LogP contribution is 2.32. The van der Waals surface area contributed by atoms with Crippen molar-refractivity contribution < 1.29 is 9.90 Å². The van der Waals surface area contributed by atoms with Gasteiger partial charge in [-0.2, -0.15) is 0 Å². The maximum absolute atomic E-state index is 11.0. The molecule has 2 N–H and O–H groups in total. The van der Waals surface area contributed by atoms with Crippen molar-refractivity contribution in [2.24, 2.45) is 5.92 Å². The lowest BCUT2D eigenvalue weighted by Crippen LogP contribution is -2.37. The van der Waals surface area contributed by atoms with Crippen LogP contribution in [0.15, 0.2) is 24.3 Å². The van der Waals surface area contributed by atoms with Crippen LogP contribution in [0.25, 0.3) is 0 Å². The lowest BCUT2D eigenvalue weighted by molar-refractivity contribution is -0.140. The Kier molecular flexibility index (Phi) is 3.46. The summed E-state index contributed by atoms with van der Waals surface area (Å²) in [6, 6.07) is 7.02. The van der Waals surface area contributed by atoms with Crippen LogP contribution in [0, 0.1) is 5.92 Å². The number of aliphatic carboxylic acids is 1. The van der Waals surface area contributed by atoms with E-state index < -0.39 is 12.0 Å². The molecule has 0 heterocycles. The van der Waals surface area contributed by atoms with Crippen molar-refractivity contribution in [3.63, 3.8) is 0 Å². The van der Waals surface area contributed by atoms with E-state index in [4.69, 9.17) is 16.7 Å². The van der Waals surface area contributed by atoms with E-state index in [-0.39, 0.29) is 0 Å². The minimum atomic E-state index is -0.753. The van der Waals surface area contributed by atoms with Crippen molar-refractivity contribution in [1.29, 1.82) is 0 Å². The third-order valence-corrected chi connectivity index (χ3v) is 3.05. The van der Waals surface area contributed by atoms with Gasteiger partial charge in [0.2, 0.25) is 0 Å². The maximum Gasteiger partial charge on any atom is 0.320 e. The molecule has 0 spiro atoms. The van der Waals surface area contributed by atoms with Crippen LogP contribution in [-0.2, 0) is 11.3 Å². The first-order valence-electron chi connectivity index (χ1n) is 5.37. The fourth-order valence-electron chi connectivity index (χ4n) is 1.72. The van der Waals surface area contributed by atoms with Gasteiger partial charge in [-0.1, -0.05) is 23.7 Å². The molecule has 2 rings (SSSR count). The minimum absolute atomic E-state index is 0.310. The average molecular weight is 240 g/mol. The smallest absolute Gasteiger partial charge is 0.320 e. The number of hydrogen-bond donors (Lipinski definition) is 2. The van der Waals surface area contributed by atoms with Gasteiger partial charge in [-0.25, -0.2) is 0 Å². The molecular formula is C12H14ClNO2. The van der Waals surface area contributed by atoms with Crippen LogP contribution in [-0.4, -0.2) is 17.1 Å². The molecule has 0 aromatic heterocycles. The Morgan fingerprint density at radius 3 is 2.56 bits per heavy atom. The van der Waals surface area contributed by atoms with Crippen molar-refractivity contribution in [2.75, 3.05) is 0 Å². The van der Waals surface area contributed by atoms with E-state index in [9.17, 15) is 4.79 Å². The summed E-state index contributed by atoms with van der Waals surface area (Å²) in [7, 11) is 0. The molecule has 0 bridgehead atoms. The molecule has 3 nitrogen and oxygen atoms in total. The van der Waals surface area contributed by atoms with Crippen molar-refractivity contribution >= 4 is 17.6 Å². The highest BCUT2D eigenvalue weighted by Gasteiger charge is 2.35. The predicted octanol–water partition coefficient (Wildman–Crippen LogP) is 2.29. The first kappa shape index (κ1) is 11.4. The molecular weight excluding hydrogens is 226 g/mol. The van der Waals surface area contributed by atoms with E-state index in [2.05, 4.69) is 5.32 Å². The highest BCUT2D eigenvalue weighted by molar-refractivity contribution is 6.30. The fourth-order valence-corrected chi connectivity index (χ4v) is 1.84. The summed E-state index contributed by atoms with van der Waals surface area (Å²) >= 11 is 5.77. The van der Waals surface area contributed by atoms with Gasteiger partial charge in [0.25, 0.3) is 0 Å². The molecule has 1 unspecified atom stereocenters. The quantitative estimate of drug-likeness (QED) is 0.829. The van der Waals surface area contributed by atoms with E-state index in [1.807, 2.05) is 24.3 Å². The van der Waals surface area contributed by atoms with Crippen molar-refractivity contribution in [1.82, 2.24) is 5.32 Å². The standard InChI is InChI=1S/C12H14ClNO2/c13-10-5-1-8(2-6-10)7-14-11(12(15)16)9-3-4-9/h1-2,5-6,9,11,14H,3-4,7H2,(H,15,16). The lowest BCUT2D eigenvalue weighted by Gasteiger charge is -2.13.